The van der Waals surface area contributed by atoms with Crippen LogP contribution < -0.4 is 4.90 Å². The Balaban J connectivity index is 1.07. The number of furan rings is 1. The summed E-state index contributed by atoms with van der Waals surface area (Å²) in [4.78, 5) is 2.46. The Morgan fingerprint density at radius 3 is 2.12 bits per heavy atom. The van der Waals surface area contributed by atoms with Crippen molar-refractivity contribution in [3.05, 3.63) is 175 Å². The van der Waals surface area contributed by atoms with Gasteiger partial charge in [-0.05, 0) is 105 Å². The standard InChI is InChI=1S/C49H33NOS/c1-49(2)41-13-6-3-12-38(41)48-42(49)14-9-15-43(48)50(35-24-25-47-40(29-35)37-11-5-8-17-46(37)52-47)34-22-20-30(21-23-34)31-18-19-32-27-39-36-10-4-7-16-44(36)51-45(39)28-33(32)26-31/h3-29H,1-2H3. The molecule has 0 saturated carbocycles. The first-order valence-electron chi connectivity index (χ1n) is 17.9. The molecule has 1 aliphatic carbocycles. The van der Waals surface area contributed by atoms with E-state index in [9.17, 15) is 0 Å². The average Bonchev–Trinajstić information content (AvgIpc) is 3.81. The van der Waals surface area contributed by atoms with Gasteiger partial charge < -0.3 is 9.32 Å². The van der Waals surface area contributed by atoms with E-state index in [0.29, 0.717) is 0 Å². The van der Waals surface area contributed by atoms with Crippen LogP contribution in [0.2, 0.25) is 0 Å². The summed E-state index contributed by atoms with van der Waals surface area (Å²) in [6.07, 6.45) is 0. The van der Waals surface area contributed by atoms with Gasteiger partial charge in [-0.15, -0.1) is 11.3 Å². The fraction of sp³-hybridized carbons (Fsp3) is 0.0612. The fourth-order valence-electron chi connectivity index (χ4n) is 8.65. The summed E-state index contributed by atoms with van der Waals surface area (Å²) < 4.78 is 8.86. The highest BCUT2D eigenvalue weighted by molar-refractivity contribution is 7.25. The molecule has 0 spiro atoms. The normalized spacial score (nSPS) is 13.3. The van der Waals surface area contributed by atoms with Crippen molar-refractivity contribution in [1.82, 2.24) is 0 Å². The van der Waals surface area contributed by atoms with E-state index in [4.69, 9.17) is 4.42 Å². The van der Waals surface area contributed by atoms with E-state index in [1.807, 2.05) is 23.5 Å². The summed E-state index contributed by atoms with van der Waals surface area (Å²) in [7, 11) is 0. The Labute approximate surface area is 305 Å². The largest absolute Gasteiger partial charge is 0.456 e. The first-order chi connectivity index (χ1) is 25.5. The zero-order valence-electron chi connectivity index (χ0n) is 28.9. The van der Waals surface area contributed by atoms with Gasteiger partial charge in [0.25, 0.3) is 0 Å². The van der Waals surface area contributed by atoms with Crippen LogP contribution >= 0.6 is 11.3 Å². The molecule has 8 aromatic carbocycles. The summed E-state index contributed by atoms with van der Waals surface area (Å²) in [5, 5.41) is 7.30. The van der Waals surface area contributed by atoms with Crippen LogP contribution in [0.3, 0.4) is 0 Å². The smallest absolute Gasteiger partial charge is 0.136 e. The van der Waals surface area contributed by atoms with Gasteiger partial charge in [0.1, 0.15) is 11.2 Å². The Hall–Kier alpha value is -6.16. The molecule has 0 fully saturated rings. The van der Waals surface area contributed by atoms with Crippen LogP contribution in [0.15, 0.2) is 168 Å². The molecule has 1 aliphatic rings. The summed E-state index contributed by atoms with van der Waals surface area (Å²) in [5.41, 5.74) is 13.0. The predicted octanol–water partition coefficient (Wildman–Crippen LogP) is 14.6. The van der Waals surface area contributed by atoms with Crippen LogP contribution in [0, 0.1) is 0 Å². The number of rotatable bonds is 4. The summed E-state index contributed by atoms with van der Waals surface area (Å²) in [5.74, 6) is 0. The Bertz CT molecular complexity index is 3050. The molecule has 0 aliphatic heterocycles. The maximum atomic E-state index is 6.24. The number of fused-ring (bicyclic) bond motifs is 10. The van der Waals surface area contributed by atoms with E-state index in [0.717, 1.165) is 33.3 Å². The summed E-state index contributed by atoms with van der Waals surface area (Å²) in [6.45, 7) is 4.71. The maximum absolute atomic E-state index is 6.24. The topological polar surface area (TPSA) is 16.4 Å². The minimum absolute atomic E-state index is 0.0883. The molecule has 2 heterocycles. The van der Waals surface area contributed by atoms with Crippen molar-refractivity contribution in [2.75, 3.05) is 4.90 Å². The highest BCUT2D eigenvalue weighted by Crippen LogP contribution is 2.54. The van der Waals surface area contributed by atoms with Crippen molar-refractivity contribution in [3.8, 4) is 22.3 Å². The molecule has 2 nitrogen and oxygen atoms in total. The maximum Gasteiger partial charge on any atom is 0.136 e. The van der Waals surface area contributed by atoms with E-state index in [1.54, 1.807) is 0 Å². The second-order valence-electron chi connectivity index (χ2n) is 14.5. The third-order valence-corrected chi connectivity index (χ3v) is 12.4. The van der Waals surface area contributed by atoms with Gasteiger partial charge in [-0.25, -0.2) is 0 Å². The van der Waals surface area contributed by atoms with Gasteiger partial charge in [0.2, 0.25) is 0 Å². The molecule has 3 heteroatoms. The molecule has 11 rings (SSSR count). The quantitative estimate of drug-likeness (QED) is 0.184. The summed E-state index contributed by atoms with van der Waals surface area (Å²) >= 11 is 1.86. The molecule has 246 valence electrons. The van der Waals surface area contributed by atoms with Crippen molar-refractivity contribution in [3.63, 3.8) is 0 Å². The van der Waals surface area contributed by atoms with Crippen LogP contribution in [-0.4, -0.2) is 0 Å². The minimum atomic E-state index is -0.0883. The molecule has 0 unspecified atom stereocenters. The Kier molecular flexibility index (Phi) is 6.21. The van der Waals surface area contributed by atoms with Crippen molar-refractivity contribution >= 4 is 81.3 Å². The van der Waals surface area contributed by atoms with Gasteiger partial charge in [0.15, 0.2) is 0 Å². The lowest BCUT2D eigenvalue weighted by Gasteiger charge is -2.29. The van der Waals surface area contributed by atoms with Gasteiger partial charge in [-0.3, -0.25) is 0 Å². The van der Waals surface area contributed by atoms with Crippen LogP contribution in [-0.2, 0) is 5.41 Å². The van der Waals surface area contributed by atoms with Crippen LogP contribution in [0.4, 0.5) is 17.1 Å². The molecule has 0 N–H and O–H groups in total. The first kappa shape index (κ1) is 29.6. The molecule has 0 saturated heterocycles. The molecule has 0 radical (unpaired) electrons. The third kappa shape index (κ3) is 4.30. The molecule has 0 bridgehead atoms. The number of nitrogens with zero attached hydrogens (tertiary/aromatic N) is 1. The highest BCUT2D eigenvalue weighted by atomic mass is 32.1. The lowest BCUT2D eigenvalue weighted by atomic mass is 9.82. The van der Waals surface area contributed by atoms with Crippen molar-refractivity contribution in [2.24, 2.45) is 0 Å². The molecular weight excluding hydrogens is 651 g/mol. The Morgan fingerprint density at radius 1 is 0.481 bits per heavy atom. The lowest BCUT2D eigenvalue weighted by Crippen LogP contribution is -2.16. The van der Waals surface area contributed by atoms with E-state index < -0.39 is 0 Å². The van der Waals surface area contributed by atoms with Crippen LogP contribution in [0.5, 0.6) is 0 Å². The molecule has 52 heavy (non-hydrogen) atoms. The molecule has 10 aromatic rings. The van der Waals surface area contributed by atoms with E-state index >= 15 is 0 Å². The number of hydrogen-bond acceptors (Lipinski definition) is 3. The molecule has 0 atom stereocenters. The lowest BCUT2D eigenvalue weighted by molar-refractivity contribution is 0.660. The second kappa shape index (κ2) is 10.9. The predicted molar refractivity (Wildman–Crippen MR) is 222 cm³/mol. The van der Waals surface area contributed by atoms with E-state index in [-0.39, 0.29) is 5.41 Å². The van der Waals surface area contributed by atoms with Gasteiger partial charge in [0, 0.05) is 53.3 Å². The van der Waals surface area contributed by atoms with Crippen molar-refractivity contribution in [1.29, 1.82) is 0 Å². The fourth-order valence-corrected chi connectivity index (χ4v) is 9.74. The minimum Gasteiger partial charge on any atom is -0.456 e. The molecule has 2 aromatic heterocycles. The van der Waals surface area contributed by atoms with Crippen LogP contribution in [0.1, 0.15) is 25.0 Å². The van der Waals surface area contributed by atoms with Gasteiger partial charge >= 0.3 is 0 Å². The Morgan fingerprint density at radius 2 is 1.21 bits per heavy atom. The second-order valence-corrected chi connectivity index (χ2v) is 15.6. The first-order valence-corrected chi connectivity index (χ1v) is 18.7. The van der Waals surface area contributed by atoms with E-state index in [1.165, 1.54) is 70.0 Å². The zero-order chi connectivity index (χ0) is 34.6. The van der Waals surface area contributed by atoms with Gasteiger partial charge in [0.05, 0.1) is 5.69 Å². The number of benzene rings is 8. The van der Waals surface area contributed by atoms with Gasteiger partial charge in [-0.1, -0.05) is 111 Å². The monoisotopic (exact) mass is 683 g/mol. The average molecular weight is 684 g/mol. The SMILES string of the molecule is CC1(C)c2ccccc2-c2c(N(c3ccc(-c4ccc5cc6c(cc5c4)oc4ccccc46)cc3)c3ccc4sc5ccccc5c4c3)cccc21. The number of anilines is 3. The number of para-hydroxylation sites is 1. The molecule has 0 amide bonds. The number of hydrogen-bond donors (Lipinski definition) is 0. The zero-order valence-corrected chi connectivity index (χ0v) is 29.7. The van der Waals surface area contributed by atoms with Gasteiger partial charge in [-0.2, -0.15) is 0 Å². The number of thiophene rings is 1. The van der Waals surface area contributed by atoms with Crippen molar-refractivity contribution < 1.29 is 4.42 Å². The van der Waals surface area contributed by atoms with E-state index in [2.05, 4.69) is 170 Å². The van der Waals surface area contributed by atoms with Crippen LogP contribution in [0.25, 0.3) is 75.1 Å². The van der Waals surface area contributed by atoms with Crippen molar-refractivity contribution in [2.45, 2.75) is 19.3 Å². The molecular formula is C49H33NOS. The summed E-state index contributed by atoms with van der Waals surface area (Å²) in [6, 6.07) is 60.1. The highest BCUT2D eigenvalue weighted by Gasteiger charge is 2.37. The third-order valence-electron chi connectivity index (χ3n) is 11.2.